The Morgan fingerprint density at radius 3 is 2.38 bits per heavy atom. The van der Waals surface area contributed by atoms with Crippen molar-refractivity contribution in [2.45, 2.75) is 32.6 Å². The molecule has 1 atom stereocenters. The molecule has 1 saturated heterocycles. The van der Waals surface area contributed by atoms with E-state index in [1.807, 2.05) is 26.0 Å². The Balaban J connectivity index is 0.000000606. The van der Waals surface area contributed by atoms with Crippen molar-refractivity contribution in [3.8, 4) is 0 Å². The smallest absolute Gasteiger partial charge is 0.220 e. The summed E-state index contributed by atoms with van der Waals surface area (Å²) >= 11 is 3.41. The number of amides is 1. The quantitative estimate of drug-likeness (QED) is 0.840. The highest BCUT2D eigenvalue weighted by atomic mass is 79.9. The van der Waals surface area contributed by atoms with Crippen molar-refractivity contribution < 1.29 is 4.79 Å². The number of hydrogen-bond acceptors (Lipinski definition) is 1. The molecule has 1 amide bonds. The Morgan fingerprint density at radius 2 is 1.88 bits per heavy atom. The first-order valence-corrected chi connectivity index (χ1v) is 6.57. The van der Waals surface area contributed by atoms with Gasteiger partial charge in [-0.15, -0.1) is 0 Å². The maximum absolute atomic E-state index is 11.0. The molecule has 0 aromatic heterocycles. The van der Waals surface area contributed by atoms with Crippen LogP contribution in [0.3, 0.4) is 0 Å². The fraction of sp³-hybridized carbons (Fsp3) is 0.462. The van der Waals surface area contributed by atoms with Crippen LogP contribution < -0.4 is 5.32 Å². The Labute approximate surface area is 106 Å². The van der Waals surface area contributed by atoms with E-state index >= 15 is 0 Å². The average molecular weight is 284 g/mol. The van der Waals surface area contributed by atoms with Crippen molar-refractivity contribution in [2.75, 3.05) is 6.54 Å². The zero-order chi connectivity index (χ0) is 12.0. The molecule has 1 unspecified atom stereocenters. The van der Waals surface area contributed by atoms with Gasteiger partial charge in [-0.05, 0) is 24.1 Å². The zero-order valence-corrected chi connectivity index (χ0v) is 11.4. The number of benzene rings is 1. The molecule has 0 saturated carbocycles. The molecule has 3 heteroatoms. The second-order valence-corrected chi connectivity index (χ2v) is 4.51. The van der Waals surface area contributed by atoms with E-state index in [1.165, 1.54) is 5.56 Å². The summed E-state index contributed by atoms with van der Waals surface area (Å²) in [6.07, 6.45) is 1.62. The van der Waals surface area contributed by atoms with E-state index in [-0.39, 0.29) is 5.91 Å². The van der Waals surface area contributed by atoms with Crippen molar-refractivity contribution in [2.24, 2.45) is 0 Å². The second-order valence-electron chi connectivity index (χ2n) is 3.59. The first-order chi connectivity index (χ1) is 7.75. The third-order valence-corrected chi connectivity index (χ3v) is 3.14. The van der Waals surface area contributed by atoms with Gasteiger partial charge in [-0.2, -0.15) is 0 Å². The molecule has 1 fully saturated rings. The van der Waals surface area contributed by atoms with Crippen LogP contribution in [0.25, 0.3) is 0 Å². The minimum Gasteiger partial charge on any atom is -0.355 e. The highest BCUT2D eigenvalue weighted by Crippen LogP contribution is 2.24. The Kier molecular flexibility index (Phi) is 5.53. The lowest BCUT2D eigenvalue weighted by Gasteiger charge is -2.22. The normalized spacial score (nSPS) is 19.4. The molecule has 1 aliphatic rings. The third-order valence-electron chi connectivity index (χ3n) is 2.61. The Bertz CT molecular complexity index is 324. The predicted octanol–water partition coefficient (Wildman–Crippen LogP) is 3.47. The summed E-state index contributed by atoms with van der Waals surface area (Å²) in [6.45, 7) is 4.78. The molecule has 2 rings (SSSR count). The molecular formula is C13H18BrNO. The van der Waals surface area contributed by atoms with Crippen LogP contribution in [0.15, 0.2) is 28.7 Å². The van der Waals surface area contributed by atoms with Crippen molar-refractivity contribution in [1.29, 1.82) is 0 Å². The van der Waals surface area contributed by atoms with Crippen molar-refractivity contribution in [3.05, 3.63) is 34.3 Å². The van der Waals surface area contributed by atoms with Crippen molar-refractivity contribution in [1.82, 2.24) is 5.32 Å². The monoisotopic (exact) mass is 283 g/mol. The van der Waals surface area contributed by atoms with Gasteiger partial charge in [-0.3, -0.25) is 4.79 Å². The summed E-state index contributed by atoms with van der Waals surface area (Å²) < 4.78 is 1.10. The predicted molar refractivity (Wildman–Crippen MR) is 70.5 cm³/mol. The number of piperidine rings is 1. The maximum atomic E-state index is 11.0. The first kappa shape index (κ1) is 13.2. The van der Waals surface area contributed by atoms with Crippen LogP contribution in [0.2, 0.25) is 0 Å². The molecule has 1 aromatic carbocycles. The van der Waals surface area contributed by atoms with Gasteiger partial charge in [0.15, 0.2) is 0 Å². The van der Waals surface area contributed by atoms with E-state index in [0.717, 1.165) is 17.4 Å². The lowest BCUT2D eigenvalue weighted by molar-refractivity contribution is -0.122. The number of carbonyl (C=O) groups excluding carboxylic acids is 1. The van der Waals surface area contributed by atoms with Gasteiger partial charge in [0, 0.05) is 23.4 Å². The van der Waals surface area contributed by atoms with Crippen molar-refractivity contribution in [3.63, 3.8) is 0 Å². The molecule has 0 bridgehead atoms. The van der Waals surface area contributed by atoms with Gasteiger partial charge in [0.1, 0.15) is 0 Å². The van der Waals surface area contributed by atoms with Crippen LogP contribution in [0, 0.1) is 0 Å². The Morgan fingerprint density at radius 1 is 1.25 bits per heavy atom. The average Bonchev–Trinajstić information content (AvgIpc) is 2.34. The van der Waals surface area contributed by atoms with E-state index < -0.39 is 0 Å². The molecule has 1 aliphatic heterocycles. The SMILES string of the molecule is CC.O=C1CCC(c2ccc(Br)cc2)CN1. The van der Waals surface area contributed by atoms with Gasteiger partial charge < -0.3 is 5.32 Å². The standard InChI is InChI=1S/C11H12BrNO.C2H6/c12-10-4-1-8(2-5-10)9-3-6-11(14)13-7-9;1-2/h1-2,4-5,9H,3,6-7H2,(H,13,14);1-2H3. The largest absolute Gasteiger partial charge is 0.355 e. The number of halogens is 1. The molecule has 16 heavy (non-hydrogen) atoms. The fourth-order valence-corrected chi connectivity index (χ4v) is 2.02. The maximum Gasteiger partial charge on any atom is 0.220 e. The van der Waals surface area contributed by atoms with E-state index in [2.05, 4.69) is 33.4 Å². The van der Waals surface area contributed by atoms with Crippen LogP contribution in [0.5, 0.6) is 0 Å². The van der Waals surface area contributed by atoms with Gasteiger partial charge in [0.05, 0.1) is 0 Å². The highest BCUT2D eigenvalue weighted by Gasteiger charge is 2.18. The number of nitrogens with one attached hydrogen (secondary N) is 1. The number of rotatable bonds is 1. The molecule has 2 nitrogen and oxygen atoms in total. The first-order valence-electron chi connectivity index (χ1n) is 5.78. The lowest BCUT2D eigenvalue weighted by atomic mass is 9.91. The minimum absolute atomic E-state index is 0.179. The van der Waals surface area contributed by atoms with E-state index in [9.17, 15) is 4.79 Å². The summed E-state index contributed by atoms with van der Waals surface area (Å²) in [5, 5.41) is 2.89. The van der Waals surface area contributed by atoms with Gasteiger partial charge >= 0.3 is 0 Å². The van der Waals surface area contributed by atoms with Gasteiger partial charge in [-0.1, -0.05) is 41.9 Å². The van der Waals surface area contributed by atoms with Crippen LogP contribution in [0.1, 0.15) is 38.2 Å². The van der Waals surface area contributed by atoms with Crippen LogP contribution in [-0.4, -0.2) is 12.5 Å². The van der Waals surface area contributed by atoms with Gasteiger partial charge in [-0.25, -0.2) is 0 Å². The Hall–Kier alpha value is -0.830. The van der Waals surface area contributed by atoms with Crippen LogP contribution in [0.4, 0.5) is 0 Å². The molecule has 1 N–H and O–H groups in total. The van der Waals surface area contributed by atoms with Gasteiger partial charge in [0.25, 0.3) is 0 Å². The minimum atomic E-state index is 0.179. The molecule has 0 aliphatic carbocycles. The van der Waals surface area contributed by atoms with Crippen LogP contribution in [-0.2, 0) is 4.79 Å². The van der Waals surface area contributed by atoms with Crippen molar-refractivity contribution >= 4 is 21.8 Å². The summed E-state index contributed by atoms with van der Waals surface area (Å²) in [6, 6.07) is 8.33. The summed E-state index contributed by atoms with van der Waals surface area (Å²) in [5.41, 5.74) is 1.31. The second kappa shape index (κ2) is 6.69. The lowest BCUT2D eigenvalue weighted by Crippen LogP contribution is -2.33. The molecule has 0 radical (unpaired) electrons. The summed E-state index contributed by atoms with van der Waals surface area (Å²) in [4.78, 5) is 11.0. The molecule has 1 heterocycles. The van der Waals surface area contributed by atoms with Crippen LogP contribution >= 0.6 is 15.9 Å². The molecule has 88 valence electrons. The van der Waals surface area contributed by atoms with E-state index in [0.29, 0.717) is 12.3 Å². The molecule has 0 spiro atoms. The molecular weight excluding hydrogens is 266 g/mol. The topological polar surface area (TPSA) is 29.1 Å². The molecule has 1 aromatic rings. The zero-order valence-electron chi connectivity index (χ0n) is 9.79. The van der Waals surface area contributed by atoms with Gasteiger partial charge in [0.2, 0.25) is 5.91 Å². The third kappa shape index (κ3) is 3.63. The highest BCUT2D eigenvalue weighted by molar-refractivity contribution is 9.10. The number of hydrogen-bond donors (Lipinski definition) is 1. The fourth-order valence-electron chi connectivity index (χ4n) is 1.75. The van der Waals surface area contributed by atoms with E-state index in [1.54, 1.807) is 0 Å². The van der Waals surface area contributed by atoms with E-state index in [4.69, 9.17) is 0 Å². The summed E-state index contributed by atoms with van der Waals surface area (Å²) in [5.74, 6) is 0.666. The number of carbonyl (C=O) groups is 1. The summed E-state index contributed by atoms with van der Waals surface area (Å²) in [7, 11) is 0.